The summed E-state index contributed by atoms with van der Waals surface area (Å²) in [5, 5.41) is 17.0. The predicted molar refractivity (Wildman–Crippen MR) is 85.1 cm³/mol. The molecular weight excluding hydrogens is 276 g/mol. The SMILES string of the molecule is CCCCCCOc1ccc(-n2nnc(C#N)c2CC)cc1. The molecule has 2 rings (SSSR count). The molecule has 0 atom stereocenters. The van der Waals surface area contributed by atoms with Crippen LogP contribution in [0.2, 0.25) is 0 Å². The van der Waals surface area contributed by atoms with Crippen LogP contribution in [0.4, 0.5) is 0 Å². The van der Waals surface area contributed by atoms with Crippen molar-refractivity contribution in [2.24, 2.45) is 0 Å². The largest absolute Gasteiger partial charge is 0.494 e. The first-order chi connectivity index (χ1) is 10.8. The van der Waals surface area contributed by atoms with Crippen LogP contribution in [0.25, 0.3) is 5.69 Å². The minimum Gasteiger partial charge on any atom is -0.494 e. The van der Waals surface area contributed by atoms with E-state index in [0.717, 1.165) is 30.2 Å². The molecule has 5 heteroatoms. The van der Waals surface area contributed by atoms with Gasteiger partial charge in [0.15, 0.2) is 5.69 Å². The van der Waals surface area contributed by atoms with Crippen LogP contribution in [0.1, 0.15) is 50.9 Å². The number of nitriles is 1. The second-order valence-corrected chi connectivity index (χ2v) is 5.16. The zero-order valence-corrected chi connectivity index (χ0v) is 13.2. The third-order valence-corrected chi connectivity index (χ3v) is 3.55. The van der Waals surface area contributed by atoms with E-state index in [9.17, 15) is 0 Å². The summed E-state index contributed by atoms with van der Waals surface area (Å²) in [6, 6.07) is 9.82. The Labute approximate surface area is 131 Å². The maximum atomic E-state index is 9.03. The molecule has 0 N–H and O–H groups in total. The maximum Gasteiger partial charge on any atom is 0.186 e. The fraction of sp³-hybridized carbons (Fsp3) is 0.471. The molecule has 0 aliphatic rings. The number of nitrogens with zero attached hydrogens (tertiary/aromatic N) is 4. The quantitative estimate of drug-likeness (QED) is 0.698. The third-order valence-electron chi connectivity index (χ3n) is 3.55. The van der Waals surface area contributed by atoms with Crippen LogP contribution in [0, 0.1) is 11.3 Å². The van der Waals surface area contributed by atoms with Gasteiger partial charge in [0.25, 0.3) is 0 Å². The minimum absolute atomic E-state index is 0.388. The van der Waals surface area contributed by atoms with Crippen LogP contribution >= 0.6 is 0 Å². The lowest BCUT2D eigenvalue weighted by molar-refractivity contribution is 0.305. The average Bonchev–Trinajstić information content (AvgIpc) is 2.98. The fourth-order valence-electron chi connectivity index (χ4n) is 2.32. The molecule has 1 aromatic carbocycles. The van der Waals surface area contributed by atoms with Crippen LogP contribution in [0.3, 0.4) is 0 Å². The Morgan fingerprint density at radius 3 is 2.55 bits per heavy atom. The van der Waals surface area contributed by atoms with E-state index in [1.54, 1.807) is 4.68 Å². The van der Waals surface area contributed by atoms with Gasteiger partial charge in [0.1, 0.15) is 11.8 Å². The van der Waals surface area contributed by atoms with Gasteiger partial charge in [-0.25, -0.2) is 4.68 Å². The van der Waals surface area contributed by atoms with Crippen molar-refractivity contribution >= 4 is 0 Å². The molecule has 0 saturated heterocycles. The predicted octanol–water partition coefficient (Wildman–Crippen LogP) is 3.66. The summed E-state index contributed by atoms with van der Waals surface area (Å²) in [6.45, 7) is 4.94. The normalized spacial score (nSPS) is 10.4. The zero-order valence-electron chi connectivity index (χ0n) is 13.2. The number of hydrogen-bond acceptors (Lipinski definition) is 4. The lowest BCUT2D eigenvalue weighted by atomic mass is 10.2. The van der Waals surface area contributed by atoms with Crippen molar-refractivity contribution in [2.45, 2.75) is 46.0 Å². The van der Waals surface area contributed by atoms with E-state index in [-0.39, 0.29) is 0 Å². The molecule has 22 heavy (non-hydrogen) atoms. The van der Waals surface area contributed by atoms with E-state index in [1.807, 2.05) is 31.2 Å². The molecule has 0 aliphatic carbocycles. The molecule has 1 heterocycles. The first-order valence-electron chi connectivity index (χ1n) is 7.88. The Morgan fingerprint density at radius 1 is 1.14 bits per heavy atom. The Hall–Kier alpha value is -2.35. The Kier molecular flexibility index (Phi) is 5.96. The Balaban J connectivity index is 2.00. The van der Waals surface area contributed by atoms with Crippen molar-refractivity contribution in [1.82, 2.24) is 15.0 Å². The molecule has 0 fully saturated rings. The van der Waals surface area contributed by atoms with Gasteiger partial charge in [-0.2, -0.15) is 5.26 Å². The van der Waals surface area contributed by atoms with Gasteiger partial charge in [-0.1, -0.05) is 38.3 Å². The second kappa shape index (κ2) is 8.18. The zero-order chi connectivity index (χ0) is 15.8. The van der Waals surface area contributed by atoms with Crippen molar-refractivity contribution in [3.8, 4) is 17.5 Å². The monoisotopic (exact) mass is 298 g/mol. The molecule has 0 saturated carbocycles. The van der Waals surface area contributed by atoms with Gasteiger partial charge in [-0.05, 0) is 37.1 Å². The number of unbranched alkanes of at least 4 members (excludes halogenated alkanes) is 3. The summed E-state index contributed by atoms with van der Waals surface area (Å²) in [6.07, 6.45) is 5.51. The summed E-state index contributed by atoms with van der Waals surface area (Å²) in [5.41, 5.74) is 2.11. The highest BCUT2D eigenvalue weighted by molar-refractivity contribution is 5.40. The number of aromatic nitrogens is 3. The fourth-order valence-corrected chi connectivity index (χ4v) is 2.32. The van der Waals surface area contributed by atoms with Gasteiger partial charge in [0, 0.05) is 0 Å². The van der Waals surface area contributed by atoms with Gasteiger partial charge < -0.3 is 4.74 Å². The Bertz CT molecular complexity index is 625. The van der Waals surface area contributed by atoms with Gasteiger partial charge in [-0.15, -0.1) is 5.10 Å². The first-order valence-corrected chi connectivity index (χ1v) is 7.88. The van der Waals surface area contributed by atoms with Crippen LogP contribution in [-0.4, -0.2) is 21.6 Å². The van der Waals surface area contributed by atoms with Crippen LogP contribution in [0.15, 0.2) is 24.3 Å². The van der Waals surface area contributed by atoms with Crippen molar-refractivity contribution in [3.63, 3.8) is 0 Å². The molecular formula is C17H22N4O. The summed E-state index contributed by atoms with van der Waals surface area (Å²) < 4.78 is 7.44. The molecule has 0 unspecified atom stereocenters. The molecule has 0 radical (unpaired) electrons. The topological polar surface area (TPSA) is 63.7 Å². The van der Waals surface area contributed by atoms with Gasteiger partial charge in [-0.3, -0.25) is 0 Å². The van der Waals surface area contributed by atoms with Crippen LogP contribution < -0.4 is 4.74 Å². The average molecular weight is 298 g/mol. The molecule has 0 amide bonds. The number of rotatable bonds is 8. The van der Waals surface area contributed by atoms with E-state index >= 15 is 0 Å². The smallest absolute Gasteiger partial charge is 0.186 e. The highest BCUT2D eigenvalue weighted by atomic mass is 16.5. The van der Waals surface area contributed by atoms with E-state index in [0.29, 0.717) is 12.1 Å². The van der Waals surface area contributed by atoms with Gasteiger partial charge >= 0.3 is 0 Å². The van der Waals surface area contributed by atoms with Crippen molar-refractivity contribution < 1.29 is 4.74 Å². The molecule has 0 bridgehead atoms. The number of benzene rings is 1. The van der Waals surface area contributed by atoms with Crippen LogP contribution in [-0.2, 0) is 6.42 Å². The van der Waals surface area contributed by atoms with Crippen molar-refractivity contribution in [2.75, 3.05) is 6.61 Å². The van der Waals surface area contributed by atoms with Gasteiger partial charge in [0.2, 0.25) is 0 Å². The highest BCUT2D eigenvalue weighted by Crippen LogP contribution is 2.18. The first kappa shape index (κ1) is 16.0. The number of hydrogen-bond donors (Lipinski definition) is 0. The summed E-state index contributed by atoms with van der Waals surface area (Å²) in [5.74, 6) is 0.860. The third kappa shape index (κ3) is 3.85. The number of ether oxygens (including phenoxy) is 1. The molecule has 1 aromatic heterocycles. The lowest BCUT2D eigenvalue weighted by Crippen LogP contribution is -2.02. The van der Waals surface area contributed by atoms with E-state index in [1.165, 1.54) is 19.3 Å². The minimum atomic E-state index is 0.388. The standard InChI is InChI=1S/C17H22N4O/c1-3-5-6-7-12-22-15-10-8-14(9-11-15)21-17(4-2)16(13-18)19-20-21/h8-11H,3-7,12H2,1-2H3. The highest BCUT2D eigenvalue weighted by Gasteiger charge is 2.11. The maximum absolute atomic E-state index is 9.03. The van der Waals surface area contributed by atoms with Gasteiger partial charge in [0.05, 0.1) is 18.0 Å². The molecule has 0 spiro atoms. The van der Waals surface area contributed by atoms with E-state index in [2.05, 4.69) is 23.3 Å². The van der Waals surface area contributed by atoms with Crippen molar-refractivity contribution in [1.29, 1.82) is 5.26 Å². The molecule has 116 valence electrons. The second-order valence-electron chi connectivity index (χ2n) is 5.16. The van der Waals surface area contributed by atoms with Crippen LogP contribution in [0.5, 0.6) is 5.75 Å². The molecule has 0 aliphatic heterocycles. The summed E-state index contributed by atoms with van der Waals surface area (Å²) in [7, 11) is 0. The molecule has 2 aromatic rings. The summed E-state index contributed by atoms with van der Waals surface area (Å²) in [4.78, 5) is 0. The Morgan fingerprint density at radius 2 is 1.91 bits per heavy atom. The van der Waals surface area contributed by atoms with E-state index < -0.39 is 0 Å². The van der Waals surface area contributed by atoms with E-state index in [4.69, 9.17) is 10.00 Å². The molecule has 5 nitrogen and oxygen atoms in total. The summed E-state index contributed by atoms with van der Waals surface area (Å²) >= 11 is 0. The van der Waals surface area contributed by atoms with Crippen molar-refractivity contribution in [3.05, 3.63) is 35.7 Å². The lowest BCUT2D eigenvalue weighted by Gasteiger charge is -2.08.